The fourth-order valence-corrected chi connectivity index (χ4v) is 1.62. The minimum absolute atomic E-state index is 0.0854. The van der Waals surface area contributed by atoms with Crippen LogP contribution in [-0.4, -0.2) is 46.1 Å². The zero-order valence-corrected chi connectivity index (χ0v) is 11.0. The lowest BCUT2D eigenvalue weighted by Gasteiger charge is -2.38. The third-order valence-corrected chi connectivity index (χ3v) is 3.68. The molecule has 0 aromatic carbocycles. The molecule has 2 atom stereocenters. The first-order valence-corrected chi connectivity index (χ1v) is 5.99. The molecule has 5 heteroatoms. The van der Waals surface area contributed by atoms with Gasteiger partial charge in [0.2, 0.25) is 0 Å². The van der Waals surface area contributed by atoms with E-state index in [0.717, 1.165) is 6.42 Å². The maximum absolute atomic E-state index is 10.7. The Morgan fingerprint density at radius 2 is 1.94 bits per heavy atom. The summed E-state index contributed by atoms with van der Waals surface area (Å²) in [6, 6.07) is 0. The van der Waals surface area contributed by atoms with Gasteiger partial charge in [-0.2, -0.15) is 0 Å². The number of nitrogens with one attached hydrogen (secondary N) is 1. The Balaban J connectivity index is 2.41. The van der Waals surface area contributed by atoms with Crippen molar-refractivity contribution in [3.8, 4) is 0 Å². The quantitative estimate of drug-likeness (QED) is 0.666. The van der Waals surface area contributed by atoms with Crippen LogP contribution in [0.15, 0.2) is 0 Å². The maximum Gasteiger partial charge on any atom is 0.332 e. The van der Waals surface area contributed by atoms with E-state index < -0.39 is 23.2 Å². The molecule has 0 radical (unpaired) electrons. The minimum atomic E-state index is -0.894. The van der Waals surface area contributed by atoms with Crippen molar-refractivity contribution in [1.82, 2.24) is 5.32 Å². The first-order valence-electron chi connectivity index (χ1n) is 5.99. The highest BCUT2D eigenvalue weighted by molar-refractivity contribution is 5.72. The van der Waals surface area contributed by atoms with Gasteiger partial charge in [-0.1, -0.05) is 0 Å². The molecule has 1 rings (SSSR count). The van der Waals surface area contributed by atoms with Crippen molar-refractivity contribution in [3.63, 3.8) is 0 Å². The summed E-state index contributed by atoms with van der Waals surface area (Å²) in [5.41, 5.74) is -1.30. The molecule has 17 heavy (non-hydrogen) atoms. The molecule has 0 aliphatic carbocycles. The third-order valence-electron chi connectivity index (χ3n) is 3.68. The minimum Gasteiger partial charge on any atom is -0.479 e. The molecule has 2 unspecified atom stereocenters. The number of carboxylic acid groups (broad SMARTS) is 1. The zero-order chi connectivity index (χ0) is 13.3. The van der Waals surface area contributed by atoms with Crippen molar-refractivity contribution >= 4 is 5.97 Å². The highest BCUT2D eigenvalue weighted by atomic mass is 16.5. The van der Waals surface area contributed by atoms with Gasteiger partial charge < -0.3 is 20.3 Å². The summed E-state index contributed by atoms with van der Waals surface area (Å²) in [5.74, 6) is -0.894. The van der Waals surface area contributed by atoms with Crippen molar-refractivity contribution < 1.29 is 19.7 Å². The Kier molecular flexibility index (Phi) is 4.17. The molecule has 0 bridgehead atoms. The number of hydrogen-bond acceptors (Lipinski definition) is 4. The number of carboxylic acids is 1. The van der Waals surface area contributed by atoms with Gasteiger partial charge in [0.15, 0.2) is 6.10 Å². The SMILES string of the molecule is CC(C)(O)C(C)(C)NCC1CCC(C(=O)O)O1. The molecule has 0 spiro atoms. The van der Waals surface area contributed by atoms with Crippen LogP contribution >= 0.6 is 0 Å². The molecule has 0 amide bonds. The van der Waals surface area contributed by atoms with Crippen molar-refractivity contribution in [1.29, 1.82) is 0 Å². The smallest absolute Gasteiger partial charge is 0.332 e. The predicted octanol–water partition coefficient (Wildman–Crippen LogP) is 0.758. The number of aliphatic hydroxyl groups is 1. The maximum atomic E-state index is 10.7. The van der Waals surface area contributed by atoms with Crippen molar-refractivity contribution in [2.75, 3.05) is 6.54 Å². The first kappa shape index (κ1) is 14.4. The van der Waals surface area contributed by atoms with E-state index in [0.29, 0.717) is 13.0 Å². The number of aliphatic carboxylic acids is 1. The Morgan fingerprint density at radius 3 is 2.35 bits per heavy atom. The molecule has 1 aliphatic rings. The Morgan fingerprint density at radius 1 is 1.35 bits per heavy atom. The first-order chi connectivity index (χ1) is 7.63. The summed E-state index contributed by atoms with van der Waals surface area (Å²) >= 11 is 0. The average Bonchev–Trinajstić information content (AvgIpc) is 2.61. The van der Waals surface area contributed by atoms with Gasteiger partial charge in [-0.25, -0.2) is 4.79 Å². The second-order valence-electron chi connectivity index (χ2n) is 5.73. The van der Waals surface area contributed by atoms with Crippen LogP contribution in [0.25, 0.3) is 0 Å². The topological polar surface area (TPSA) is 78.8 Å². The number of carbonyl (C=O) groups is 1. The van der Waals surface area contributed by atoms with E-state index in [1.54, 1.807) is 13.8 Å². The van der Waals surface area contributed by atoms with Crippen LogP contribution in [0.2, 0.25) is 0 Å². The van der Waals surface area contributed by atoms with E-state index in [-0.39, 0.29) is 6.10 Å². The van der Waals surface area contributed by atoms with E-state index >= 15 is 0 Å². The Bertz CT molecular complexity index is 283. The van der Waals surface area contributed by atoms with Crippen LogP contribution in [0, 0.1) is 0 Å². The molecule has 0 saturated carbocycles. The van der Waals surface area contributed by atoms with Crippen LogP contribution in [-0.2, 0) is 9.53 Å². The summed E-state index contributed by atoms with van der Waals surface area (Å²) in [4.78, 5) is 10.7. The van der Waals surface area contributed by atoms with Crippen LogP contribution < -0.4 is 5.32 Å². The van der Waals surface area contributed by atoms with E-state index in [9.17, 15) is 9.90 Å². The Labute approximate surface area is 102 Å². The van der Waals surface area contributed by atoms with Crippen LogP contribution in [0.3, 0.4) is 0 Å². The normalized spacial score (nSPS) is 26.2. The van der Waals surface area contributed by atoms with Gasteiger partial charge in [-0.3, -0.25) is 0 Å². The predicted molar refractivity (Wildman–Crippen MR) is 63.9 cm³/mol. The van der Waals surface area contributed by atoms with Crippen LogP contribution in [0.5, 0.6) is 0 Å². The van der Waals surface area contributed by atoms with E-state index in [1.165, 1.54) is 0 Å². The summed E-state index contributed by atoms with van der Waals surface area (Å²) in [5, 5.41) is 22.0. The van der Waals surface area contributed by atoms with Gasteiger partial charge in [0.05, 0.1) is 11.7 Å². The number of hydrogen-bond donors (Lipinski definition) is 3. The van der Waals surface area contributed by atoms with Gasteiger partial charge in [-0.15, -0.1) is 0 Å². The molecule has 1 heterocycles. The molecule has 0 aromatic heterocycles. The highest BCUT2D eigenvalue weighted by Crippen LogP contribution is 2.23. The molecule has 1 fully saturated rings. The second-order valence-corrected chi connectivity index (χ2v) is 5.73. The van der Waals surface area contributed by atoms with Gasteiger partial charge in [-0.05, 0) is 40.5 Å². The lowest BCUT2D eigenvalue weighted by atomic mass is 9.86. The van der Waals surface area contributed by atoms with Crippen molar-refractivity contribution in [2.24, 2.45) is 0 Å². The lowest BCUT2D eigenvalue weighted by molar-refractivity contribution is -0.149. The summed E-state index contributed by atoms with van der Waals surface area (Å²) in [6.45, 7) is 7.87. The number of rotatable bonds is 5. The van der Waals surface area contributed by atoms with E-state index in [4.69, 9.17) is 9.84 Å². The zero-order valence-electron chi connectivity index (χ0n) is 11.0. The van der Waals surface area contributed by atoms with Crippen molar-refractivity contribution in [2.45, 2.75) is 63.9 Å². The monoisotopic (exact) mass is 245 g/mol. The molecule has 0 aromatic rings. The van der Waals surface area contributed by atoms with Gasteiger partial charge in [0.25, 0.3) is 0 Å². The standard InChI is InChI=1S/C12H23NO4/c1-11(2,12(3,4)16)13-7-8-5-6-9(17-8)10(14)15/h8-9,13,16H,5-7H2,1-4H3,(H,14,15). The lowest BCUT2D eigenvalue weighted by Crippen LogP contribution is -2.57. The average molecular weight is 245 g/mol. The molecule has 100 valence electrons. The number of ether oxygens (including phenoxy) is 1. The van der Waals surface area contributed by atoms with Gasteiger partial charge >= 0.3 is 5.97 Å². The van der Waals surface area contributed by atoms with E-state index in [1.807, 2.05) is 13.8 Å². The molecule has 3 N–H and O–H groups in total. The third kappa shape index (κ3) is 3.66. The highest BCUT2D eigenvalue weighted by Gasteiger charge is 2.36. The molecular formula is C12H23NO4. The molecular weight excluding hydrogens is 222 g/mol. The fraction of sp³-hybridized carbons (Fsp3) is 0.917. The van der Waals surface area contributed by atoms with E-state index in [2.05, 4.69) is 5.32 Å². The van der Waals surface area contributed by atoms with Gasteiger partial charge in [0, 0.05) is 12.1 Å². The summed E-state index contributed by atoms with van der Waals surface area (Å²) < 4.78 is 5.39. The van der Waals surface area contributed by atoms with Gasteiger partial charge in [0.1, 0.15) is 0 Å². The summed E-state index contributed by atoms with van der Waals surface area (Å²) in [7, 11) is 0. The second kappa shape index (κ2) is 4.92. The molecule has 1 aliphatic heterocycles. The molecule has 1 saturated heterocycles. The van der Waals surface area contributed by atoms with Crippen LogP contribution in [0.4, 0.5) is 0 Å². The Hall–Kier alpha value is -0.650. The summed E-state index contributed by atoms with van der Waals surface area (Å²) in [6.07, 6.45) is 0.543. The van der Waals surface area contributed by atoms with Crippen LogP contribution in [0.1, 0.15) is 40.5 Å². The van der Waals surface area contributed by atoms with Crippen molar-refractivity contribution in [3.05, 3.63) is 0 Å². The largest absolute Gasteiger partial charge is 0.479 e. The fourth-order valence-electron chi connectivity index (χ4n) is 1.62. The molecule has 5 nitrogen and oxygen atoms in total.